The van der Waals surface area contributed by atoms with E-state index < -0.39 is 17.6 Å². The van der Waals surface area contributed by atoms with Gasteiger partial charge in [0.2, 0.25) is 5.88 Å². The molecule has 0 aliphatic carbocycles. The number of ether oxygens (including phenoxy) is 3. The zero-order valence-electron chi connectivity index (χ0n) is 24.0. The smallest absolute Gasteiger partial charge is 0.335 e. The maximum absolute atomic E-state index is 14.9. The second-order valence-electron chi connectivity index (χ2n) is 10.3. The zero-order chi connectivity index (χ0) is 30.8. The first-order valence-corrected chi connectivity index (χ1v) is 13.7. The monoisotopic (exact) mass is 631 g/mol. The lowest BCUT2D eigenvalue weighted by molar-refractivity contribution is -0.0589. The van der Waals surface area contributed by atoms with Crippen LogP contribution in [-0.2, 0) is 24.3 Å². The molecule has 1 atom stereocenters. The molecule has 0 radical (unpaired) electrons. The van der Waals surface area contributed by atoms with Crippen LogP contribution in [0, 0.1) is 29.9 Å². The van der Waals surface area contributed by atoms with E-state index in [1.165, 1.54) is 24.4 Å². The van der Waals surface area contributed by atoms with Crippen LogP contribution in [-0.4, -0.2) is 43.3 Å². The highest BCUT2D eigenvalue weighted by Gasteiger charge is 2.24. The van der Waals surface area contributed by atoms with Crippen molar-refractivity contribution >= 4 is 30.5 Å². The predicted octanol–water partition coefficient (Wildman–Crippen LogP) is 5.85. The second kappa shape index (κ2) is 13.3. The lowest BCUT2D eigenvalue weighted by atomic mass is 10.0. The molecule has 45 heavy (non-hydrogen) atoms. The minimum Gasteiger partial charge on any atom is -0.483 e. The molecule has 13 heteroatoms. The van der Waals surface area contributed by atoms with Gasteiger partial charge in [-0.05, 0) is 66.9 Å². The largest absolute Gasteiger partial charge is 0.483 e. The highest BCUT2D eigenvalue weighted by atomic mass is 32.1. The Kier molecular flexibility index (Phi) is 9.26. The Labute approximate surface area is 263 Å². The fraction of sp³-hybridized carbons (Fsp3) is 0.219. The molecule has 5 aromatic rings. The van der Waals surface area contributed by atoms with Crippen molar-refractivity contribution in [1.82, 2.24) is 19.5 Å². The summed E-state index contributed by atoms with van der Waals surface area (Å²) in [4.78, 5) is 24.6. The Morgan fingerprint density at radius 1 is 1.13 bits per heavy atom. The summed E-state index contributed by atoms with van der Waals surface area (Å²) in [6, 6.07) is 15.3. The average molecular weight is 632 g/mol. The summed E-state index contributed by atoms with van der Waals surface area (Å²) < 4.78 is 47.9. The highest BCUT2D eigenvalue weighted by molar-refractivity contribution is 7.59. The van der Waals surface area contributed by atoms with Crippen LogP contribution in [0.3, 0.4) is 0 Å². The fourth-order valence-corrected chi connectivity index (χ4v) is 4.88. The zero-order valence-corrected chi connectivity index (χ0v) is 25.0. The number of aryl methyl sites for hydroxylation is 1. The van der Waals surface area contributed by atoms with Crippen molar-refractivity contribution in [2.24, 2.45) is 0 Å². The van der Waals surface area contributed by atoms with E-state index in [4.69, 9.17) is 19.5 Å². The molecule has 6 rings (SSSR count). The second-order valence-corrected chi connectivity index (χ2v) is 10.3. The molecule has 0 saturated carbocycles. The Morgan fingerprint density at radius 3 is 2.64 bits per heavy atom. The first-order chi connectivity index (χ1) is 21.3. The van der Waals surface area contributed by atoms with E-state index in [0.29, 0.717) is 36.7 Å². The molecule has 1 aliphatic heterocycles. The molecule has 1 fully saturated rings. The lowest BCUT2D eigenvalue weighted by Gasteiger charge is -2.27. The van der Waals surface area contributed by atoms with E-state index in [1.807, 2.05) is 29.7 Å². The van der Waals surface area contributed by atoms with Gasteiger partial charge in [0.25, 0.3) is 0 Å². The number of carboxylic acid groups (broad SMARTS) is 1. The van der Waals surface area contributed by atoms with E-state index in [0.717, 1.165) is 29.7 Å². The van der Waals surface area contributed by atoms with E-state index in [2.05, 4.69) is 15.0 Å². The molecule has 3 aromatic carbocycles. The van der Waals surface area contributed by atoms with Crippen LogP contribution in [0.4, 0.5) is 8.78 Å². The average Bonchev–Trinajstić information content (AvgIpc) is 3.33. The molecule has 0 bridgehead atoms. The number of nitriles is 1. The Balaban J connectivity index is 0.00000400. The predicted molar refractivity (Wildman–Crippen MR) is 163 cm³/mol. The van der Waals surface area contributed by atoms with E-state index >= 15 is 0 Å². The van der Waals surface area contributed by atoms with Gasteiger partial charge in [0.15, 0.2) is 23.2 Å². The Hall–Kier alpha value is -5.06. The standard InChI is InChI=1S/C32H25F2N5O5.H2S/c1-18-10-22(44-30-6-8-36-28(37-30)17-43-27-5-2-19(15-35)11-24(27)33)4-3-20(18)14-29-38-31-25(34)12-21(32(40)41)13-26(31)39(29)16-23-7-9-42-23;/h2-6,8,10-13,23H,7,9,14,16-17H2,1H3,(H,40,41);1H2/t23-;/m0./s1. The van der Waals surface area contributed by atoms with Gasteiger partial charge in [0.05, 0.1) is 35.4 Å². The number of halogens is 2. The normalized spacial score (nSPS) is 13.9. The third-order valence-electron chi connectivity index (χ3n) is 7.30. The topological polar surface area (TPSA) is 132 Å². The minimum atomic E-state index is -1.21. The molecular formula is C32H27F2N5O5S. The van der Waals surface area contributed by atoms with Gasteiger partial charge in [0, 0.05) is 25.3 Å². The van der Waals surface area contributed by atoms with Gasteiger partial charge >= 0.3 is 5.97 Å². The van der Waals surface area contributed by atoms with Crippen LogP contribution in [0.25, 0.3) is 11.0 Å². The van der Waals surface area contributed by atoms with Gasteiger partial charge in [-0.25, -0.2) is 23.5 Å². The summed E-state index contributed by atoms with van der Waals surface area (Å²) in [5.74, 6) is -0.943. The molecule has 0 amide bonds. The van der Waals surface area contributed by atoms with Crippen LogP contribution in [0.1, 0.15) is 45.1 Å². The third-order valence-corrected chi connectivity index (χ3v) is 7.30. The summed E-state index contributed by atoms with van der Waals surface area (Å²) in [6.07, 6.45) is 2.68. The summed E-state index contributed by atoms with van der Waals surface area (Å²) in [5, 5.41) is 18.3. The van der Waals surface area contributed by atoms with Gasteiger partial charge in [-0.2, -0.15) is 23.7 Å². The molecule has 230 valence electrons. The van der Waals surface area contributed by atoms with Crippen molar-refractivity contribution in [3.05, 3.63) is 106 Å². The van der Waals surface area contributed by atoms with Crippen molar-refractivity contribution in [2.45, 2.75) is 39.0 Å². The lowest BCUT2D eigenvalue weighted by Crippen LogP contribution is -2.31. The molecule has 1 aliphatic rings. The van der Waals surface area contributed by atoms with E-state index in [9.17, 15) is 18.7 Å². The van der Waals surface area contributed by atoms with Gasteiger partial charge in [-0.15, -0.1) is 0 Å². The molecule has 2 aromatic heterocycles. The first-order valence-electron chi connectivity index (χ1n) is 13.7. The Bertz CT molecular complexity index is 1940. The molecule has 1 saturated heterocycles. The number of benzene rings is 3. The van der Waals surface area contributed by atoms with Gasteiger partial charge in [-0.1, -0.05) is 6.07 Å². The number of fused-ring (bicyclic) bond motifs is 1. The van der Waals surface area contributed by atoms with E-state index in [1.54, 1.807) is 12.1 Å². The number of aromatic nitrogens is 4. The van der Waals surface area contributed by atoms with Crippen molar-refractivity contribution in [3.63, 3.8) is 0 Å². The summed E-state index contributed by atoms with van der Waals surface area (Å²) in [7, 11) is 0. The Morgan fingerprint density at radius 2 is 1.96 bits per heavy atom. The number of carbonyl (C=O) groups is 1. The summed E-state index contributed by atoms with van der Waals surface area (Å²) >= 11 is 0. The maximum atomic E-state index is 14.9. The van der Waals surface area contributed by atoms with Crippen LogP contribution in [0.5, 0.6) is 17.4 Å². The number of imidazole rings is 1. The van der Waals surface area contributed by atoms with E-state index in [-0.39, 0.29) is 60.3 Å². The van der Waals surface area contributed by atoms with Crippen LogP contribution < -0.4 is 9.47 Å². The number of nitrogens with zero attached hydrogens (tertiary/aromatic N) is 5. The van der Waals surface area contributed by atoms with Crippen molar-refractivity contribution in [3.8, 4) is 23.4 Å². The molecule has 3 heterocycles. The summed E-state index contributed by atoms with van der Waals surface area (Å²) in [5.41, 5.74) is 2.39. The minimum absolute atomic E-state index is 0. The molecule has 1 N–H and O–H groups in total. The highest BCUT2D eigenvalue weighted by Crippen LogP contribution is 2.28. The number of hydrogen-bond donors (Lipinski definition) is 1. The van der Waals surface area contributed by atoms with Gasteiger partial charge in [0.1, 0.15) is 23.7 Å². The maximum Gasteiger partial charge on any atom is 0.335 e. The SMILES string of the molecule is Cc1cc(Oc2ccnc(COc3ccc(C#N)cc3F)n2)ccc1Cc1nc2c(F)cc(C(=O)O)cc2n1C[C@@H]1CCO1.S. The molecule has 10 nitrogen and oxygen atoms in total. The van der Waals surface area contributed by atoms with Crippen LogP contribution in [0.15, 0.2) is 60.8 Å². The number of rotatable bonds is 10. The summed E-state index contributed by atoms with van der Waals surface area (Å²) in [6.45, 7) is 2.89. The molecule has 0 unspecified atom stereocenters. The van der Waals surface area contributed by atoms with Crippen molar-refractivity contribution in [2.75, 3.05) is 6.61 Å². The molecule has 0 spiro atoms. The quantitative estimate of drug-likeness (QED) is 0.202. The van der Waals surface area contributed by atoms with Crippen molar-refractivity contribution in [1.29, 1.82) is 5.26 Å². The molecular weight excluding hydrogens is 604 g/mol. The van der Waals surface area contributed by atoms with Crippen LogP contribution in [0.2, 0.25) is 0 Å². The van der Waals surface area contributed by atoms with Crippen LogP contribution >= 0.6 is 13.5 Å². The van der Waals surface area contributed by atoms with Gasteiger partial charge in [-0.3, -0.25) is 0 Å². The fourth-order valence-electron chi connectivity index (χ4n) is 4.88. The number of carboxylic acids is 1. The third kappa shape index (κ3) is 6.87. The van der Waals surface area contributed by atoms with Crippen molar-refractivity contribution < 1.29 is 32.9 Å². The number of aromatic carboxylic acids is 1. The number of hydrogen-bond acceptors (Lipinski definition) is 8. The van der Waals surface area contributed by atoms with Gasteiger partial charge < -0.3 is 23.9 Å². The first kappa shape index (κ1) is 31.4.